The van der Waals surface area contributed by atoms with Crippen LogP contribution in [0.2, 0.25) is 0 Å². The number of hydrogen-bond donors (Lipinski definition) is 4. The number of aliphatic hydroxyl groups excluding tert-OH is 1. The van der Waals surface area contributed by atoms with E-state index in [9.17, 15) is 14.3 Å². The van der Waals surface area contributed by atoms with Crippen molar-refractivity contribution in [3.05, 3.63) is 89.9 Å². The molecule has 2 aromatic carbocycles. The van der Waals surface area contributed by atoms with Crippen LogP contribution in [0, 0.1) is 5.82 Å². The van der Waals surface area contributed by atoms with Gasteiger partial charge in [-0.3, -0.25) is 9.78 Å². The van der Waals surface area contributed by atoms with Crippen LogP contribution in [0.4, 0.5) is 21.7 Å². The number of halogens is 1. The highest BCUT2D eigenvalue weighted by molar-refractivity contribution is 5.99. The highest BCUT2D eigenvalue weighted by Crippen LogP contribution is 2.26. The molecule has 162 valence electrons. The monoisotopic (exact) mass is 431 g/mol. The number of rotatable bonds is 8. The number of nitrogens with two attached hydrogens (primary N) is 1. The Balaban J connectivity index is 1.63. The normalized spacial score (nSPS) is 11.8. The van der Waals surface area contributed by atoms with Crippen molar-refractivity contribution < 1.29 is 14.3 Å². The van der Waals surface area contributed by atoms with Gasteiger partial charge in [0.2, 0.25) is 0 Å². The smallest absolute Gasteiger partial charge is 0.252 e. The van der Waals surface area contributed by atoms with E-state index >= 15 is 0 Å². The van der Waals surface area contributed by atoms with Gasteiger partial charge in [0, 0.05) is 17.3 Å². The van der Waals surface area contributed by atoms with E-state index in [1.807, 2.05) is 54.6 Å². The van der Waals surface area contributed by atoms with Crippen molar-refractivity contribution in [3.8, 4) is 0 Å². The summed E-state index contributed by atoms with van der Waals surface area (Å²) in [4.78, 5) is 20.5. The average molecular weight is 431 g/mol. The molecule has 0 aliphatic heterocycles. The number of anilines is 3. The number of carbonyl (C=O) groups excluding carboxylic acids is 1. The first-order valence-corrected chi connectivity index (χ1v) is 10.1. The van der Waals surface area contributed by atoms with Crippen LogP contribution in [0.5, 0.6) is 0 Å². The number of carbonyl (C=O) groups is 1. The molecule has 4 aromatic rings. The molecular formula is C24H22FN5O2. The molecule has 0 saturated heterocycles. The third kappa shape index (κ3) is 4.81. The average Bonchev–Trinajstić information content (AvgIpc) is 2.81. The molecular weight excluding hydrogens is 409 g/mol. The number of hydrogen-bond acceptors (Lipinski definition) is 6. The summed E-state index contributed by atoms with van der Waals surface area (Å²) in [6, 6.07) is 19.3. The summed E-state index contributed by atoms with van der Waals surface area (Å²) < 4.78 is 14.7. The Hall–Kier alpha value is -4.04. The van der Waals surface area contributed by atoms with Crippen molar-refractivity contribution in [1.29, 1.82) is 0 Å². The van der Waals surface area contributed by atoms with Crippen molar-refractivity contribution in [2.24, 2.45) is 5.73 Å². The van der Waals surface area contributed by atoms with Crippen LogP contribution < -0.4 is 16.4 Å². The zero-order valence-corrected chi connectivity index (χ0v) is 17.1. The number of primary amides is 1. The lowest BCUT2D eigenvalue weighted by molar-refractivity contribution is 0.100. The summed E-state index contributed by atoms with van der Waals surface area (Å²) in [5.41, 5.74) is 7.81. The van der Waals surface area contributed by atoms with E-state index < -0.39 is 17.8 Å². The third-order valence-electron chi connectivity index (χ3n) is 4.99. The second-order valence-corrected chi connectivity index (χ2v) is 7.33. The first-order chi connectivity index (χ1) is 15.5. The summed E-state index contributed by atoms with van der Waals surface area (Å²) in [6.07, 6.45) is 2.17. The zero-order chi connectivity index (χ0) is 22.5. The van der Waals surface area contributed by atoms with Crippen LogP contribution in [-0.2, 0) is 6.42 Å². The number of aromatic nitrogens is 2. The summed E-state index contributed by atoms with van der Waals surface area (Å²) >= 11 is 0. The lowest BCUT2D eigenvalue weighted by atomic mass is 10.1. The van der Waals surface area contributed by atoms with Crippen LogP contribution in [-0.4, -0.2) is 33.6 Å². The molecule has 0 saturated carbocycles. The minimum atomic E-state index is -0.809. The standard InChI is InChI=1S/C24H22FN5O2/c25-20-13-19(22(26)32)23(28-17-8-9-21-16(12-17)7-4-10-27-21)30-24(20)29-18(14-31)11-15-5-2-1-3-6-15/h1-10,12-13,18,31H,11,14H2,(H2,26,32)(H2,28,29,30)/t18-/m1/s1. The Morgan fingerprint density at radius 3 is 2.62 bits per heavy atom. The Morgan fingerprint density at radius 2 is 1.88 bits per heavy atom. The van der Waals surface area contributed by atoms with E-state index in [0.717, 1.165) is 22.5 Å². The molecule has 2 heterocycles. The lowest BCUT2D eigenvalue weighted by Crippen LogP contribution is -2.28. The van der Waals surface area contributed by atoms with Crippen LogP contribution in [0.1, 0.15) is 15.9 Å². The summed E-state index contributed by atoms with van der Waals surface area (Å²) in [6.45, 7) is -0.228. The van der Waals surface area contributed by atoms with E-state index in [0.29, 0.717) is 12.1 Å². The van der Waals surface area contributed by atoms with E-state index in [2.05, 4.69) is 20.6 Å². The van der Waals surface area contributed by atoms with E-state index in [-0.39, 0.29) is 23.8 Å². The van der Waals surface area contributed by atoms with E-state index in [1.165, 1.54) is 0 Å². The van der Waals surface area contributed by atoms with Crippen LogP contribution in [0.25, 0.3) is 10.9 Å². The molecule has 0 radical (unpaired) electrons. The molecule has 4 rings (SSSR count). The van der Waals surface area contributed by atoms with Gasteiger partial charge < -0.3 is 21.5 Å². The molecule has 0 bridgehead atoms. The minimum absolute atomic E-state index is 0.0806. The van der Waals surface area contributed by atoms with Crippen molar-refractivity contribution >= 4 is 34.1 Å². The first kappa shape index (κ1) is 21.2. The molecule has 0 fully saturated rings. The lowest BCUT2D eigenvalue weighted by Gasteiger charge is -2.19. The SMILES string of the molecule is NC(=O)c1cc(F)c(N[C@@H](CO)Cc2ccccc2)nc1Nc1ccc2ncccc2c1. The number of nitrogens with zero attached hydrogens (tertiary/aromatic N) is 2. The number of fused-ring (bicyclic) bond motifs is 1. The Kier molecular flexibility index (Phi) is 6.23. The van der Waals surface area contributed by atoms with Gasteiger partial charge in [-0.2, -0.15) is 0 Å². The number of nitrogens with one attached hydrogen (secondary N) is 2. The van der Waals surface area contributed by atoms with Crippen molar-refractivity contribution in [3.63, 3.8) is 0 Å². The van der Waals surface area contributed by atoms with Gasteiger partial charge >= 0.3 is 0 Å². The summed E-state index contributed by atoms with van der Waals surface area (Å²) in [5, 5.41) is 16.6. The van der Waals surface area contributed by atoms with Crippen molar-refractivity contribution in [1.82, 2.24) is 9.97 Å². The van der Waals surface area contributed by atoms with Gasteiger partial charge in [0.25, 0.3) is 5.91 Å². The highest BCUT2D eigenvalue weighted by atomic mass is 19.1. The fourth-order valence-electron chi connectivity index (χ4n) is 3.42. The van der Waals surface area contributed by atoms with Gasteiger partial charge in [-0.15, -0.1) is 0 Å². The van der Waals surface area contributed by atoms with Crippen LogP contribution >= 0.6 is 0 Å². The van der Waals surface area contributed by atoms with Gasteiger partial charge in [-0.25, -0.2) is 9.37 Å². The summed E-state index contributed by atoms with van der Waals surface area (Å²) in [5.74, 6) is -1.52. The van der Waals surface area contributed by atoms with E-state index in [4.69, 9.17) is 5.73 Å². The Bertz CT molecular complexity index is 1250. The molecule has 32 heavy (non-hydrogen) atoms. The fraction of sp³-hybridized carbons (Fsp3) is 0.125. The van der Waals surface area contributed by atoms with Gasteiger partial charge in [0.1, 0.15) is 5.82 Å². The molecule has 0 spiro atoms. The molecule has 2 aromatic heterocycles. The van der Waals surface area contributed by atoms with Crippen LogP contribution in [0.15, 0.2) is 72.9 Å². The maximum atomic E-state index is 14.7. The molecule has 1 amide bonds. The van der Waals surface area contributed by atoms with Gasteiger partial charge in [-0.1, -0.05) is 36.4 Å². The van der Waals surface area contributed by atoms with Gasteiger partial charge in [0.05, 0.1) is 23.7 Å². The maximum absolute atomic E-state index is 14.7. The van der Waals surface area contributed by atoms with Crippen molar-refractivity contribution in [2.75, 3.05) is 17.2 Å². The first-order valence-electron chi connectivity index (χ1n) is 10.1. The van der Waals surface area contributed by atoms with Crippen LogP contribution in [0.3, 0.4) is 0 Å². The molecule has 7 nitrogen and oxygen atoms in total. The molecule has 0 aliphatic rings. The number of amides is 1. The van der Waals surface area contributed by atoms with Gasteiger partial charge in [-0.05, 0) is 42.3 Å². The second kappa shape index (κ2) is 9.40. The minimum Gasteiger partial charge on any atom is -0.394 e. The maximum Gasteiger partial charge on any atom is 0.252 e. The second-order valence-electron chi connectivity index (χ2n) is 7.33. The predicted octanol–water partition coefficient (Wildman–Crippen LogP) is 3.63. The van der Waals surface area contributed by atoms with Crippen molar-refractivity contribution in [2.45, 2.75) is 12.5 Å². The van der Waals surface area contributed by atoms with E-state index in [1.54, 1.807) is 12.3 Å². The Morgan fingerprint density at radius 1 is 1.06 bits per heavy atom. The number of benzene rings is 2. The van der Waals surface area contributed by atoms with Gasteiger partial charge in [0.15, 0.2) is 11.6 Å². The molecule has 8 heteroatoms. The largest absolute Gasteiger partial charge is 0.394 e. The molecule has 0 aliphatic carbocycles. The quantitative estimate of drug-likeness (QED) is 0.339. The third-order valence-corrected chi connectivity index (χ3v) is 4.99. The molecule has 1 atom stereocenters. The topological polar surface area (TPSA) is 113 Å². The zero-order valence-electron chi connectivity index (χ0n) is 17.1. The number of aliphatic hydroxyl groups is 1. The molecule has 5 N–H and O–H groups in total. The number of pyridine rings is 2. The molecule has 0 unspecified atom stereocenters. The summed E-state index contributed by atoms with van der Waals surface area (Å²) in [7, 11) is 0. The highest BCUT2D eigenvalue weighted by Gasteiger charge is 2.19. The Labute approximate surface area is 184 Å². The fourth-order valence-corrected chi connectivity index (χ4v) is 3.42. The predicted molar refractivity (Wildman–Crippen MR) is 122 cm³/mol.